The molecule has 3 rings (SSSR count). The van der Waals surface area contributed by atoms with Gasteiger partial charge in [-0.25, -0.2) is 4.79 Å². The van der Waals surface area contributed by atoms with Gasteiger partial charge in [-0.1, -0.05) is 60.7 Å². The number of esters is 1. The van der Waals surface area contributed by atoms with Gasteiger partial charge < -0.3 is 10.1 Å². The molecule has 1 saturated heterocycles. The van der Waals surface area contributed by atoms with Crippen LogP contribution >= 0.6 is 0 Å². The van der Waals surface area contributed by atoms with E-state index >= 15 is 0 Å². The van der Waals surface area contributed by atoms with Crippen LogP contribution in [-0.4, -0.2) is 36.0 Å². The molecule has 6 nitrogen and oxygen atoms in total. The highest BCUT2D eigenvalue weighted by Crippen LogP contribution is 2.21. The molecular weight excluding hydrogens is 320 g/mol. The Bertz CT molecular complexity index is 762. The summed E-state index contributed by atoms with van der Waals surface area (Å²) in [6.45, 7) is -0.183. The summed E-state index contributed by atoms with van der Waals surface area (Å²) in [7, 11) is 0. The van der Waals surface area contributed by atoms with Crippen molar-refractivity contribution < 1.29 is 19.1 Å². The molecule has 3 amide bonds. The smallest absolute Gasteiger partial charge is 0.326 e. The number of carbonyl (C=O) groups is 3. The summed E-state index contributed by atoms with van der Waals surface area (Å²) in [5.41, 5.74) is 1.73. The van der Waals surface area contributed by atoms with Crippen LogP contribution in [0.3, 0.4) is 0 Å². The Hall–Kier alpha value is -3.15. The normalized spacial score (nSPS) is 16.6. The van der Waals surface area contributed by atoms with Gasteiger partial charge in [0.2, 0.25) is 0 Å². The third-order valence-electron chi connectivity index (χ3n) is 3.94. The number of ether oxygens (including phenoxy) is 1. The van der Waals surface area contributed by atoms with Crippen molar-refractivity contribution >= 4 is 17.9 Å². The van der Waals surface area contributed by atoms with Gasteiger partial charge in [0, 0.05) is 6.42 Å². The van der Waals surface area contributed by atoms with Crippen molar-refractivity contribution in [2.75, 3.05) is 13.2 Å². The molecule has 1 heterocycles. The molecule has 1 fully saturated rings. The van der Waals surface area contributed by atoms with Crippen molar-refractivity contribution in [3.05, 3.63) is 71.8 Å². The molecule has 0 bridgehead atoms. The maximum atomic E-state index is 12.4. The fraction of sp³-hybridized carbons (Fsp3) is 0.211. The molecule has 128 valence electrons. The first-order valence-corrected chi connectivity index (χ1v) is 8.01. The number of hydrogen-bond acceptors (Lipinski definition) is 4. The van der Waals surface area contributed by atoms with Crippen molar-refractivity contribution in [2.45, 2.75) is 12.5 Å². The molecule has 1 aliphatic rings. The van der Waals surface area contributed by atoms with E-state index in [1.807, 2.05) is 36.4 Å². The molecule has 0 aliphatic carbocycles. The molecule has 1 aliphatic heterocycles. The highest BCUT2D eigenvalue weighted by Gasteiger charge is 2.40. The Morgan fingerprint density at radius 3 is 2.32 bits per heavy atom. The minimum atomic E-state index is -0.759. The highest BCUT2D eigenvalue weighted by molar-refractivity contribution is 6.06. The predicted molar refractivity (Wildman–Crippen MR) is 90.5 cm³/mol. The van der Waals surface area contributed by atoms with Gasteiger partial charge in [0.25, 0.3) is 5.91 Å². The summed E-state index contributed by atoms with van der Waals surface area (Å²) in [5, 5.41) is 2.59. The average molecular weight is 338 g/mol. The Kier molecular flexibility index (Phi) is 5.09. The van der Waals surface area contributed by atoms with Crippen molar-refractivity contribution in [1.82, 2.24) is 10.2 Å². The van der Waals surface area contributed by atoms with Gasteiger partial charge in [0.15, 0.2) is 0 Å². The third kappa shape index (κ3) is 4.03. The van der Waals surface area contributed by atoms with Crippen molar-refractivity contribution in [3.63, 3.8) is 0 Å². The number of nitrogens with one attached hydrogen (secondary N) is 1. The fourth-order valence-electron chi connectivity index (χ4n) is 2.64. The van der Waals surface area contributed by atoms with Crippen LogP contribution in [0, 0.1) is 0 Å². The van der Waals surface area contributed by atoms with Crippen LogP contribution in [0.1, 0.15) is 17.2 Å². The maximum absolute atomic E-state index is 12.4. The van der Waals surface area contributed by atoms with Gasteiger partial charge in [0.05, 0.1) is 6.61 Å². The first-order chi connectivity index (χ1) is 12.1. The Morgan fingerprint density at radius 2 is 1.64 bits per heavy atom. The number of hydrogen-bond donors (Lipinski definition) is 1. The molecule has 1 unspecified atom stereocenters. The van der Waals surface area contributed by atoms with Gasteiger partial charge in [-0.2, -0.15) is 0 Å². The molecule has 1 N–H and O–H groups in total. The van der Waals surface area contributed by atoms with E-state index in [0.29, 0.717) is 12.0 Å². The van der Waals surface area contributed by atoms with E-state index < -0.39 is 23.9 Å². The fourth-order valence-corrected chi connectivity index (χ4v) is 2.64. The lowest BCUT2D eigenvalue weighted by Gasteiger charge is -2.12. The van der Waals surface area contributed by atoms with E-state index in [2.05, 4.69) is 5.32 Å². The van der Waals surface area contributed by atoms with Gasteiger partial charge in [-0.05, 0) is 11.1 Å². The second-order valence-electron chi connectivity index (χ2n) is 5.67. The van der Waals surface area contributed by atoms with Crippen molar-refractivity contribution in [2.24, 2.45) is 0 Å². The summed E-state index contributed by atoms with van der Waals surface area (Å²) in [5.74, 6) is -1.05. The number of amides is 3. The number of imide groups is 1. The molecule has 2 aromatic rings. The molecule has 6 heteroatoms. The largest absolute Gasteiger partial charge is 0.464 e. The zero-order valence-corrected chi connectivity index (χ0v) is 13.6. The number of benzene rings is 2. The van der Waals surface area contributed by atoms with Crippen LogP contribution in [0.2, 0.25) is 0 Å². The second kappa shape index (κ2) is 7.61. The van der Waals surface area contributed by atoms with Crippen molar-refractivity contribution in [3.8, 4) is 0 Å². The van der Waals surface area contributed by atoms with Crippen LogP contribution in [0.25, 0.3) is 0 Å². The lowest BCUT2D eigenvalue weighted by molar-refractivity contribution is -0.147. The van der Waals surface area contributed by atoms with E-state index in [0.717, 1.165) is 10.5 Å². The van der Waals surface area contributed by atoms with E-state index in [9.17, 15) is 14.4 Å². The van der Waals surface area contributed by atoms with Crippen molar-refractivity contribution in [1.29, 1.82) is 0 Å². The van der Waals surface area contributed by atoms with E-state index in [1.165, 1.54) is 0 Å². The zero-order chi connectivity index (χ0) is 17.6. The van der Waals surface area contributed by atoms with Crippen LogP contribution in [-0.2, 0) is 20.7 Å². The summed E-state index contributed by atoms with van der Waals surface area (Å²) in [6.07, 6.45) is 0.583. The summed E-state index contributed by atoms with van der Waals surface area (Å²) in [4.78, 5) is 37.2. The van der Waals surface area contributed by atoms with Crippen LogP contribution in [0.5, 0.6) is 0 Å². The van der Waals surface area contributed by atoms with E-state index in [4.69, 9.17) is 4.74 Å². The monoisotopic (exact) mass is 338 g/mol. The Morgan fingerprint density at radius 1 is 1.00 bits per heavy atom. The van der Waals surface area contributed by atoms with Gasteiger partial charge >= 0.3 is 12.0 Å². The SMILES string of the molecule is O=C(CN1C(=O)NC(c2ccccc2)C1=O)OCCc1ccccc1. The van der Waals surface area contributed by atoms with E-state index in [-0.39, 0.29) is 13.2 Å². The number of carbonyl (C=O) groups excluding carboxylic acids is 3. The number of urea groups is 1. The molecular formula is C19H18N2O4. The van der Waals surface area contributed by atoms with Gasteiger partial charge in [-0.3, -0.25) is 14.5 Å². The molecule has 25 heavy (non-hydrogen) atoms. The Balaban J connectivity index is 1.52. The highest BCUT2D eigenvalue weighted by atomic mass is 16.5. The molecule has 0 spiro atoms. The molecule has 0 aromatic heterocycles. The Labute approximate surface area is 145 Å². The van der Waals surface area contributed by atoms with E-state index in [1.54, 1.807) is 24.3 Å². The number of nitrogens with zero attached hydrogens (tertiary/aromatic N) is 1. The quantitative estimate of drug-likeness (QED) is 0.646. The first-order valence-electron chi connectivity index (χ1n) is 8.01. The lowest BCUT2D eigenvalue weighted by atomic mass is 10.1. The second-order valence-corrected chi connectivity index (χ2v) is 5.67. The standard InChI is InChI=1S/C19H18N2O4/c22-16(25-12-11-14-7-3-1-4-8-14)13-21-18(23)17(20-19(21)24)15-9-5-2-6-10-15/h1-10,17H,11-13H2,(H,20,24). The van der Waals surface area contributed by atoms with Crippen LogP contribution < -0.4 is 5.32 Å². The minimum absolute atomic E-state index is 0.203. The zero-order valence-electron chi connectivity index (χ0n) is 13.6. The summed E-state index contributed by atoms with van der Waals surface area (Å²) < 4.78 is 5.13. The minimum Gasteiger partial charge on any atom is -0.464 e. The first kappa shape index (κ1) is 16.7. The van der Waals surface area contributed by atoms with Gasteiger partial charge in [-0.15, -0.1) is 0 Å². The topological polar surface area (TPSA) is 75.7 Å². The lowest BCUT2D eigenvalue weighted by Crippen LogP contribution is -2.36. The molecule has 1 atom stereocenters. The summed E-state index contributed by atoms with van der Waals surface area (Å²) >= 11 is 0. The molecule has 2 aromatic carbocycles. The number of rotatable bonds is 6. The maximum Gasteiger partial charge on any atom is 0.326 e. The molecule has 0 saturated carbocycles. The third-order valence-corrected chi connectivity index (χ3v) is 3.94. The predicted octanol–water partition coefficient (Wildman–Crippen LogP) is 2.07. The molecule has 0 radical (unpaired) electrons. The van der Waals surface area contributed by atoms with Crippen LogP contribution in [0.4, 0.5) is 4.79 Å². The summed E-state index contributed by atoms with van der Waals surface area (Å²) in [6, 6.07) is 17.2. The average Bonchev–Trinajstić information content (AvgIpc) is 2.91. The van der Waals surface area contributed by atoms with Crippen LogP contribution in [0.15, 0.2) is 60.7 Å². The van der Waals surface area contributed by atoms with Gasteiger partial charge in [0.1, 0.15) is 12.6 Å².